The van der Waals surface area contributed by atoms with Gasteiger partial charge in [-0.2, -0.15) is 0 Å². The van der Waals surface area contributed by atoms with Gasteiger partial charge in [0.05, 0.1) is 0 Å². The Bertz CT molecular complexity index is 297. The first-order valence-corrected chi connectivity index (χ1v) is 4.76. The summed E-state index contributed by atoms with van der Waals surface area (Å²) in [6, 6.07) is 6.07. The van der Waals surface area contributed by atoms with Crippen LogP contribution in [0.15, 0.2) is 18.2 Å². The molecule has 0 unspecified atom stereocenters. The van der Waals surface area contributed by atoms with Gasteiger partial charge in [-0.3, -0.25) is 5.84 Å². The molecular formula is C11H18N2O. The molecule has 0 saturated carbocycles. The molecule has 0 aliphatic rings. The van der Waals surface area contributed by atoms with Crippen LogP contribution in [0.3, 0.4) is 0 Å². The van der Waals surface area contributed by atoms with Gasteiger partial charge >= 0.3 is 0 Å². The lowest BCUT2D eigenvalue weighted by Crippen LogP contribution is -2.30. The van der Waals surface area contributed by atoms with Crippen LogP contribution in [-0.2, 0) is 0 Å². The lowest BCUT2D eigenvalue weighted by molar-refractivity contribution is 0.240. The smallest absolute Gasteiger partial charge is 0.122 e. The van der Waals surface area contributed by atoms with E-state index < -0.39 is 0 Å². The summed E-state index contributed by atoms with van der Waals surface area (Å²) >= 11 is 0. The van der Waals surface area contributed by atoms with Crippen LogP contribution in [0.25, 0.3) is 0 Å². The number of rotatable bonds is 4. The van der Waals surface area contributed by atoms with E-state index in [1.54, 1.807) is 5.01 Å². The number of nitrogens with two attached hydrogens (primary N) is 1. The summed E-state index contributed by atoms with van der Waals surface area (Å²) in [5, 5.41) is 1.62. The van der Waals surface area contributed by atoms with Crippen molar-refractivity contribution in [2.24, 2.45) is 5.84 Å². The van der Waals surface area contributed by atoms with Crippen molar-refractivity contribution >= 4 is 0 Å². The van der Waals surface area contributed by atoms with Crippen LogP contribution in [0.1, 0.15) is 11.1 Å². The molecule has 0 heterocycles. The van der Waals surface area contributed by atoms with Crippen LogP contribution < -0.4 is 10.6 Å². The van der Waals surface area contributed by atoms with Gasteiger partial charge in [0.15, 0.2) is 0 Å². The summed E-state index contributed by atoms with van der Waals surface area (Å²) in [5.74, 6) is 6.43. The van der Waals surface area contributed by atoms with E-state index in [1.165, 1.54) is 11.1 Å². The second kappa shape index (κ2) is 4.98. The summed E-state index contributed by atoms with van der Waals surface area (Å²) in [6.07, 6.45) is 0. The number of nitrogens with zero attached hydrogens (tertiary/aromatic N) is 1. The lowest BCUT2D eigenvalue weighted by Gasteiger charge is -2.13. The monoisotopic (exact) mass is 194 g/mol. The largest absolute Gasteiger partial charge is 0.492 e. The summed E-state index contributed by atoms with van der Waals surface area (Å²) in [6.45, 7) is 5.50. The van der Waals surface area contributed by atoms with Crippen molar-refractivity contribution in [3.8, 4) is 5.75 Å². The molecule has 14 heavy (non-hydrogen) atoms. The highest BCUT2D eigenvalue weighted by atomic mass is 16.5. The molecule has 0 aliphatic carbocycles. The van der Waals surface area contributed by atoms with Crippen LogP contribution in [0.4, 0.5) is 0 Å². The zero-order valence-corrected chi connectivity index (χ0v) is 9.08. The van der Waals surface area contributed by atoms with Crippen molar-refractivity contribution in [3.05, 3.63) is 29.3 Å². The summed E-state index contributed by atoms with van der Waals surface area (Å²) < 4.78 is 5.61. The van der Waals surface area contributed by atoms with E-state index >= 15 is 0 Å². The van der Waals surface area contributed by atoms with Gasteiger partial charge in [0.25, 0.3) is 0 Å². The van der Waals surface area contributed by atoms with Gasteiger partial charge < -0.3 is 4.74 Å². The van der Waals surface area contributed by atoms with Gasteiger partial charge in [-0.05, 0) is 31.0 Å². The summed E-state index contributed by atoms with van der Waals surface area (Å²) in [5.41, 5.74) is 2.45. The molecule has 0 radical (unpaired) electrons. The van der Waals surface area contributed by atoms with Gasteiger partial charge in [0.1, 0.15) is 12.4 Å². The van der Waals surface area contributed by atoms with Gasteiger partial charge in [-0.25, -0.2) is 5.01 Å². The maximum Gasteiger partial charge on any atom is 0.122 e. The van der Waals surface area contributed by atoms with Crippen molar-refractivity contribution < 1.29 is 4.74 Å². The van der Waals surface area contributed by atoms with Crippen molar-refractivity contribution in [2.75, 3.05) is 20.2 Å². The first-order chi connectivity index (χ1) is 6.61. The first kappa shape index (κ1) is 11.0. The number of hydrogen-bond donors (Lipinski definition) is 1. The molecule has 0 fully saturated rings. The molecule has 2 N–H and O–H groups in total. The van der Waals surface area contributed by atoms with E-state index in [4.69, 9.17) is 10.6 Å². The summed E-state index contributed by atoms with van der Waals surface area (Å²) in [7, 11) is 1.83. The zero-order valence-electron chi connectivity index (χ0n) is 9.08. The molecule has 1 rings (SSSR count). The van der Waals surface area contributed by atoms with Crippen molar-refractivity contribution in [1.82, 2.24) is 5.01 Å². The number of hydrazine groups is 1. The minimum atomic E-state index is 0.622. The van der Waals surface area contributed by atoms with Gasteiger partial charge in [0.2, 0.25) is 0 Å². The molecule has 0 bridgehead atoms. The molecule has 0 spiro atoms. The minimum absolute atomic E-state index is 0.622. The molecule has 0 saturated heterocycles. The number of hydrogen-bond acceptors (Lipinski definition) is 3. The molecule has 1 aromatic rings. The maximum atomic E-state index is 5.61. The fourth-order valence-corrected chi connectivity index (χ4v) is 1.18. The third-order valence-electron chi connectivity index (χ3n) is 2.26. The molecule has 1 aromatic carbocycles. The summed E-state index contributed by atoms with van der Waals surface area (Å²) in [4.78, 5) is 0. The number of benzene rings is 1. The molecule has 0 aromatic heterocycles. The number of ether oxygens (including phenoxy) is 1. The fourth-order valence-electron chi connectivity index (χ4n) is 1.18. The average Bonchev–Trinajstić information content (AvgIpc) is 2.12. The lowest BCUT2D eigenvalue weighted by atomic mass is 10.1. The Labute approximate surface area is 85.4 Å². The highest BCUT2D eigenvalue weighted by Crippen LogP contribution is 2.20. The second-order valence-corrected chi connectivity index (χ2v) is 3.53. The van der Waals surface area contributed by atoms with Crippen molar-refractivity contribution in [1.29, 1.82) is 0 Å². The molecule has 0 aliphatic heterocycles. The molecule has 3 nitrogen and oxygen atoms in total. The standard InChI is InChI=1S/C11H18N2O/c1-9-5-4-6-11(10(9)2)14-8-7-13(3)12/h4-6H,7-8,12H2,1-3H3. The zero-order chi connectivity index (χ0) is 10.6. The SMILES string of the molecule is Cc1cccc(OCCN(C)N)c1C. The Morgan fingerprint density at radius 2 is 2.07 bits per heavy atom. The Morgan fingerprint density at radius 1 is 1.36 bits per heavy atom. The molecule has 3 heteroatoms. The molecule has 0 amide bonds. The average molecular weight is 194 g/mol. The minimum Gasteiger partial charge on any atom is -0.492 e. The number of likely N-dealkylation sites (N-methyl/N-ethyl adjacent to an activating group) is 1. The second-order valence-electron chi connectivity index (χ2n) is 3.53. The maximum absolute atomic E-state index is 5.61. The topological polar surface area (TPSA) is 38.5 Å². The Balaban J connectivity index is 2.54. The Morgan fingerprint density at radius 3 is 2.71 bits per heavy atom. The molecule has 0 atom stereocenters. The highest BCUT2D eigenvalue weighted by Gasteiger charge is 2.01. The Kier molecular flexibility index (Phi) is 3.92. The molecular weight excluding hydrogens is 176 g/mol. The van der Waals surface area contributed by atoms with Crippen LogP contribution in [0, 0.1) is 13.8 Å². The van der Waals surface area contributed by atoms with E-state index in [2.05, 4.69) is 19.9 Å². The van der Waals surface area contributed by atoms with Crippen molar-refractivity contribution in [3.63, 3.8) is 0 Å². The van der Waals surface area contributed by atoms with Gasteiger partial charge in [-0.1, -0.05) is 12.1 Å². The van der Waals surface area contributed by atoms with Crippen LogP contribution >= 0.6 is 0 Å². The first-order valence-electron chi connectivity index (χ1n) is 4.76. The van der Waals surface area contributed by atoms with Crippen LogP contribution in [-0.4, -0.2) is 25.2 Å². The quantitative estimate of drug-likeness (QED) is 0.583. The van der Waals surface area contributed by atoms with E-state index in [0.29, 0.717) is 6.61 Å². The predicted octanol–water partition coefficient (Wildman–Crippen LogP) is 1.49. The third kappa shape index (κ3) is 3.01. The fraction of sp³-hybridized carbons (Fsp3) is 0.455. The predicted molar refractivity (Wildman–Crippen MR) is 58.2 cm³/mol. The molecule has 78 valence electrons. The van der Waals surface area contributed by atoms with Crippen LogP contribution in [0.5, 0.6) is 5.75 Å². The van der Waals surface area contributed by atoms with Gasteiger partial charge in [-0.15, -0.1) is 0 Å². The normalized spacial score (nSPS) is 10.6. The van der Waals surface area contributed by atoms with Crippen molar-refractivity contribution in [2.45, 2.75) is 13.8 Å². The highest BCUT2D eigenvalue weighted by molar-refractivity contribution is 5.38. The van der Waals surface area contributed by atoms with E-state index in [-0.39, 0.29) is 0 Å². The Hall–Kier alpha value is -1.06. The van der Waals surface area contributed by atoms with Crippen LogP contribution in [0.2, 0.25) is 0 Å². The van der Waals surface area contributed by atoms with E-state index in [9.17, 15) is 0 Å². The third-order valence-corrected chi connectivity index (χ3v) is 2.26. The van der Waals surface area contributed by atoms with E-state index in [1.807, 2.05) is 19.2 Å². The number of aryl methyl sites for hydroxylation is 1. The van der Waals surface area contributed by atoms with E-state index in [0.717, 1.165) is 12.3 Å². The van der Waals surface area contributed by atoms with Gasteiger partial charge in [0, 0.05) is 13.6 Å².